The molecule has 2 rings (SSSR count). The Morgan fingerprint density at radius 1 is 1.24 bits per heavy atom. The largest absolute Gasteiger partial charge is 0.326 e. The third-order valence-corrected chi connectivity index (χ3v) is 4.83. The monoisotopic (exact) mass is 293 g/mol. The smallest absolute Gasteiger partial charge is 0.123 e. The molecule has 0 radical (unpaired) electrons. The zero-order valence-corrected chi connectivity index (χ0v) is 13.6. The summed E-state index contributed by atoms with van der Waals surface area (Å²) < 4.78 is 13.2. The predicted molar refractivity (Wildman–Crippen MR) is 85.7 cm³/mol. The highest BCUT2D eigenvalue weighted by Crippen LogP contribution is 2.30. The number of halogens is 1. The average molecular weight is 293 g/mol. The van der Waals surface area contributed by atoms with Crippen LogP contribution in [-0.2, 0) is 0 Å². The fourth-order valence-corrected chi connectivity index (χ4v) is 3.13. The van der Waals surface area contributed by atoms with Gasteiger partial charge in [0.05, 0.1) is 0 Å². The molecule has 1 aromatic carbocycles. The Balaban J connectivity index is 2.26. The van der Waals surface area contributed by atoms with Crippen molar-refractivity contribution in [2.24, 2.45) is 5.73 Å². The summed E-state index contributed by atoms with van der Waals surface area (Å²) in [6.45, 7) is 9.63. The molecule has 3 nitrogen and oxygen atoms in total. The highest BCUT2D eigenvalue weighted by Gasteiger charge is 2.36. The molecule has 2 N–H and O–H groups in total. The van der Waals surface area contributed by atoms with E-state index in [0.29, 0.717) is 0 Å². The molecule has 1 aromatic rings. The summed E-state index contributed by atoms with van der Waals surface area (Å²) >= 11 is 0. The molecular weight excluding hydrogens is 265 g/mol. The van der Waals surface area contributed by atoms with Gasteiger partial charge in [-0.3, -0.25) is 9.80 Å². The fraction of sp³-hybridized carbons (Fsp3) is 0.647. The van der Waals surface area contributed by atoms with Gasteiger partial charge in [-0.25, -0.2) is 4.39 Å². The molecule has 0 spiro atoms. The normalized spacial score (nSPS) is 23.0. The first-order valence-electron chi connectivity index (χ1n) is 7.81. The Kier molecular flexibility index (Phi) is 5.02. The number of hydrogen-bond acceptors (Lipinski definition) is 3. The number of nitrogens with two attached hydrogens (primary N) is 1. The summed E-state index contributed by atoms with van der Waals surface area (Å²) in [5.41, 5.74) is 7.64. The van der Waals surface area contributed by atoms with Crippen molar-refractivity contribution in [2.45, 2.75) is 44.8 Å². The van der Waals surface area contributed by atoms with Gasteiger partial charge in [0.2, 0.25) is 0 Å². The molecule has 1 fully saturated rings. The molecule has 0 saturated carbocycles. The Morgan fingerprint density at radius 2 is 1.86 bits per heavy atom. The van der Waals surface area contributed by atoms with E-state index in [1.807, 2.05) is 12.1 Å². The van der Waals surface area contributed by atoms with E-state index in [2.05, 4.69) is 37.6 Å². The van der Waals surface area contributed by atoms with Crippen LogP contribution in [0.4, 0.5) is 4.39 Å². The van der Waals surface area contributed by atoms with Crippen molar-refractivity contribution in [2.75, 3.05) is 26.7 Å². The van der Waals surface area contributed by atoms with Gasteiger partial charge < -0.3 is 5.73 Å². The summed E-state index contributed by atoms with van der Waals surface area (Å²) in [5.74, 6) is -0.193. The number of nitrogens with zero attached hydrogens (tertiary/aromatic N) is 2. The highest BCUT2D eigenvalue weighted by atomic mass is 19.1. The zero-order valence-electron chi connectivity index (χ0n) is 13.6. The molecule has 0 aromatic heterocycles. The number of benzene rings is 1. The lowest BCUT2D eigenvalue weighted by Crippen LogP contribution is -2.59. The maximum Gasteiger partial charge on any atom is 0.123 e. The maximum absolute atomic E-state index is 13.2. The van der Waals surface area contributed by atoms with Gasteiger partial charge >= 0.3 is 0 Å². The third kappa shape index (κ3) is 3.62. The molecule has 2 atom stereocenters. The Hall–Kier alpha value is -0.970. The van der Waals surface area contributed by atoms with Crippen LogP contribution in [0.15, 0.2) is 24.3 Å². The molecule has 0 aliphatic carbocycles. The first-order chi connectivity index (χ1) is 9.85. The summed E-state index contributed by atoms with van der Waals surface area (Å²) in [7, 11) is 2.17. The van der Waals surface area contributed by atoms with Gasteiger partial charge in [0.1, 0.15) is 5.82 Å². The van der Waals surface area contributed by atoms with Crippen molar-refractivity contribution in [3.05, 3.63) is 35.6 Å². The van der Waals surface area contributed by atoms with Crippen LogP contribution in [0, 0.1) is 5.82 Å². The molecular formula is C17H28FN3. The summed E-state index contributed by atoms with van der Waals surface area (Å²) in [6.07, 6.45) is 0.912. The average Bonchev–Trinajstić information content (AvgIpc) is 2.44. The minimum absolute atomic E-state index is 0.0645. The van der Waals surface area contributed by atoms with Crippen molar-refractivity contribution < 1.29 is 4.39 Å². The second kappa shape index (κ2) is 6.42. The number of rotatable bonds is 4. The second-order valence-electron chi connectivity index (χ2n) is 6.77. The molecule has 1 aliphatic rings. The van der Waals surface area contributed by atoms with Crippen LogP contribution in [0.25, 0.3) is 0 Å². The topological polar surface area (TPSA) is 32.5 Å². The lowest BCUT2D eigenvalue weighted by atomic mass is 9.92. The van der Waals surface area contributed by atoms with Crippen LogP contribution >= 0.6 is 0 Å². The van der Waals surface area contributed by atoms with E-state index in [-0.39, 0.29) is 23.4 Å². The van der Waals surface area contributed by atoms with Gasteiger partial charge in [0.15, 0.2) is 0 Å². The van der Waals surface area contributed by atoms with Crippen LogP contribution in [0.5, 0.6) is 0 Å². The summed E-state index contributed by atoms with van der Waals surface area (Å²) in [6, 6.07) is 7.04. The molecule has 0 bridgehead atoms. The molecule has 1 saturated heterocycles. The Labute approximate surface area is 127 Å². The van der Waals surface area contributed by atoms with Gasteiger partial charge in [-0.05, 0) is 45.0 Å². The molecule has 118 valence electrons. The lowest BCUT2D eigenvalue weighted by Gasteiger charge is -2.49. The van der Waals surface area contributed by atoms with E-state index in [0.717, 1.165) is 31.6 Å². The Morgan fingerprint density at radius 3 is 2.38 bits per heavy atom. The molecule has 0 amide bonds. The third-order valence-electron chi connectivity index (χ3n) is 4.83. The number of hydrogen-bond donors (Lipinski definition) is 1. The first kappa shape index (κ1) is 16.4. The van der Waals surface area contributed by atoms with E-state index in [1.165, 1.54) is 12.1 Å². The quantitative estimate of drug-likeness (QED) is 0.926. The Bertz CT molecular complexity index is 458. The molecule has 1 aliphatic heterocycles. The van der Waals surface area contributed by atoms with Crippen molar-refractivity contribution in [1.82, 2.24) is 9.80 Å². The zero-order chi connectivity index (χ0) is 15.6. The van der Waals surface area contributed by atoms with Crippen LogP contribution < -0.4 is 5.73 Å². The van der Waals surface area contributed by atoms with Crippen LogP contribution in [0.1, 0.15) is 38.8 Å². The molecule has 1 heterocycles. The molecule has 21 heavy (non-hydrogen) atoms. The van der Waals surface area contributed by atoms with E-state index in [4.69, 9.17) is 5.73 Å². The van der Waals surface area contributed by atoms with Crippen LogP contribution in [-0.4, -0.2) is 48.1 Å². The fourth-order valence-electron chi connectivity index (χ4n) is 3.13. The number of piperazine rings is 1. The summed E-state index contributed by atoms with van der Waals surface area (Å²) in [4.78, 5) is 4.85. The van der Waals surface area contributed by atoms with Crippen LogP contribution in [0.3, 0.4) is 0 Å². The SMILES string of the molecule is CCC(N)C(c1ccc(F)cc1)N1CCN(C)C(C)(C)C1. The van der Waals surface area contributed by atoms with E-state index in [1.54, 1.807) is 0 Å². The van der Waals surface area contributed by atoms with Crippen molar-refractivity contribution in [3.63, 3.8) is 0 Å². The standard InChI is InChI=1S/C17H28FN3/c1-5-15(19)16(13-6-8-14(18)9-7-13)21-11-10-20(4)17(2,3)12-21/h6-9,15-16H,5,10-12,19H2,1-4H3. The second-order valence-corrected chi connectivity index (χ2v) is 6.77. The summed E-state index contributed by atoms with van der Waals surface area (Å²) in [5, 5.41) is 0. The van der Waals surface area contributed by atoms with Gasteiger partial charge in [0, 0.05) is 37.3 Å². The molecule has 4 heteroatoms. The predicted octanol–water partition coefficient (Wildman–Crippen LogP) is 2.63. The van der Waals surface area contributed by atoms with Crippen molar-refractivity contribution >= 4 is 0 Å². The van der Waals surface area contributed by atoms with E-state index >= 15 is 0 Å². The highest BCUT2D eigenvalue weighted by molar-refractivity contribution is 5.22. The minimum Gasteiger partial charge on any atom is -0.326 e. The van der Waals surface area contributed by atoms with Crippen molar-refractivity contribution in [1.29, 1.82) is 0 Å². The van der Waals surface area contributed by atoms with E-state index < -0.39 is 0 Å². The van der Waals surface area contributed by atoms with E-state index in [9.17, 15) is 4.39 Å². The van der Waals surface area contributed by atoms with Crippen molar-refractivity contribution in [3.8, 4) is 0 Å². The maximum atomic E-state index is 13.2. The van der Waals surface area contributed by atoms with Gasteiger partial charge in [-0.15, -0.1) is 0 Å². The van der Waals surface area contributed by atoms with Gasteiger partial charge in [0.25, 0.3) is 0 Å². The number of likely N-dealkylation sites (N-methyl/N-ethyl adjacent to an activating group) is 1. The minimum atomic E-state index is -0.193. The van der Waals surface area contributed by atoms with Gasteiger partial charge in [-0.1, -0.05) is 19.1 Å². The van der Waals surface area contributed by atoms with Crippen LogP contribution in [0.2, 0.25) is 0 Å². The first-order valence-corrected chi connectivity index (χ1v) is 7.81. The lowest BCUT2D eigenvalue weighted by molar-refractivity contribution is 0.00953. The molecule has 2 unspecified atom stereocenters. The van der Waals surface area contributed by atoms with Gasteiger partial charge in [-0.2, -0.15) is 0 Å².